The maximum absolute atomic E-state index is 11.1. The highest BCUT2D eigenvalue weighted by Crippen LogP contribution is 2.00. The third-order valence-corrected chi connectivity index (χ3v) is 1.96. The molecular weight excluding hydrogens is 152 g/mol. The maximum atomic E-state index is 11.1. The second kappa shape index (κ2) is 4.93. The van der Waals surface area contributed by atoms with Crippen LogP contribution in [0.25, 0.3) is 0 Å². The number of rotatable bonds is 2. The lowest BCUT2D eigenvalue weighted by Gasteiger charge is -2.23. The van der Waals surface area contributed by atoms with Crippen molar-refractivity contribution in [2.75, 3.05) is 13.1 Å². The first kappa shape index (κ1) is 9.26. The summed E-state index contributed by atoms with van der Waals surface area (Å²) in [4.78, 5) is 11.1. The lowest BCUT2D eigenvalue weighted by atomic mass is 10.1. The minimum atomic E-state index is 0.0196. The van der Waals surface area contributed by atoms with E-state index in [0.29, 0.717) is 6.04 Å². The van der Waals surface area contributed by atoms with Gasteiger partial charge in [-0.05, 0) is 32.4 Å². The third-order valence-electron chi connectivity index (χ3n) is 1.96. The van der Waals surface area contributed by atoms with Crippen molar-refractivity contribution >= 4 is 5.91 Å². The molecule has 3 heteroatoms. The summed E-state index contributed by atoms with van der Waals surface area (Å²) in [6, 6.07) is 0.322. The second-order valence-electron chi connectivity index (χ2n) is 3.05. The van der Waals surface area contributed by atoms with E-state index in [2.05, 4.69) is 10.6 Å². The molecule has 1 amide bonds. The molecule has 0 saturated carbocycles. The first-order valence-electron chi connectivity index (χ1n) is 4.47. The van der Waals surface area contributed by atoms with Crippen LogP contribution in [0.5, 0.6) is 0 Å². The molecule has 0 aromatic rings. The van der Waals surface area contributed by atoms with Gasteiger partial charge < -0.3 is 10.6 Å². The van der Waals surface area contributed by atoms with Gasteiger partial charge >= 0.3 is 0 Å². The van der Waals surface area contributed by atoms with E-state index in [1.54, 1.807) is 12.2 Å². The van der Waals surface area contributed by atoms with Crippen LogP contribution in [0.1, 0.15) is 19.8 Å². The van der Waals surface area contributed by atoms with Crippen LogP contribution < -0.4 is 10.6 Å². The summed E-state index contributed by atoms with van der Waals surface area (Å²) in [5, 5.41) is 6.18. The number of allylic oxidation sites excluding steroid dienone is 1. The smallest absolute Gasteiger partial charge is 0.243 e. The van der Waals surface area contributed by atoms with Crippen LogP contribution in [-0.2, 0) is 4.79 Å². The van der Waals surface area contributed by atoms with Crippen molar-refractivity contribution in [2.45, 2.75) is 25.8 Å². The summed E-state index contributed by atoms with van der Waals surface area (Å²) in [7, 11) is 0. The van der Waals surface area contributed by atoms with Crippen LogP contribution in [0.2, 0.25) is 0 Å². The first-order valence-corrected chi connectivity index (χ1v) is 4.47. The summed E-state index contributed by atoms with van der Waals surface area (Å²) in [5.74, 6) is 0.0196. The molecule has 1 heterocycles. The van der Waals surface area contributed by atoms with Gasteiger partial charge in [-0.15, -0.1) is 0 Å². The molecule has 68 valence electrons. The monoisotopic (exact) mass is 168 g/mol. The molecule has 1 aliphatic rings. The van der Waals surface area contributed by atoms with E-state index in [1.807, 2.05) is 6.92 Å². The van der Waals surface area contributed by atoms with Gasteiger partial charge in [0.05, 0.1) is 0 Å². The molecule has 1 atom stereocenters. The molecule has 1 unspecified atom stereocenters. The van der Waals surface area contributed by atoms with E-state index >= 15 is 0 Å². The Morgan fingerprint density at radius 3 is 3.08 bits per heavy atom. The number of carbonyl (C=O) groups is 1. The molecule has 2 N–H and O–H groups in total. The zero-order valence-electron chi connectivity index (χ0n) is 7.47. The highest BCUT2D eigenvalue weighted by molar-refractivity contribution is 5.87. The van der Waals surface area contributed by atoms with Gasteiger partial charge in [0.2, 0.25) is 5.91 Å². The molecule has 3 nitrogen and oxygen atoms in total. The number of amides is 1. The Balaban J connectivity index is 2.24. The van der Waals surface area contributed by atoms with Gasteiger partial charge in [-0.1, -0.05) is 6.08 Å². The van der Waals surface area contributed by atoms with Crippen molar-refractivity contribution in [3.8, 4) is 0 Å². The van der Waals surface area contributed by atoms with Gasteiger partial charge in [0.25, 0.3) is 0 Å². The van der Waals surface area contributed by atoms with Crippen molar-refractivity contribution in [2.24, 2.45) is 0 Å². The normalized spacial score (nSPS) is 24.2. The van der Waals surface area contributed by atoms with Crippen LogP contribution in [-0.4, -0.2) is 25.0 Å². The van der Waals surface area contributed by atoms with Gasteiger partial charge in [-0.2, -0.15) is 0 Å². The van der Waals surface area contributed by atoms with E-state index in [0.717, 1.165) is 25.9 Å². The number of nitrogens with one attached hydrogen (secondary N) is 2. The summed E-state index contributed by atoms with van der Waals surface area (Å²) in [5.41, 5.74) is 0. The molecule has 1 rings (SSSR count). The predicted octanol–water partition coefficient (Wildman–Crippen LogP) is 0.431. The van der Waals surface area contributed by atoms with E-state index in [9.17, 15) is 4.79 Å². The number of piperidine rings is 1. The van der Waals surface area contributed by atoms with Gasteiger partial charge in [0, 0.05) is 12.6 Å². The number of hydrogen-bond donors (Lipinski definition) is 2. The van der Waals surface area contributed by atoms with E-state index in [4.69, 9.17) is 0 Å². The SMILES string of the molecule is CC=CC(=O)NC1CCCNC1. The van der Waals surface area contributed by atoms with Crippen molar-refractivity contribution in [1.82, 2.24) is 10.6 Å². The molecular formula is C9H16N2O. The highest BCUT2D eigenvalue weighted by Gasteiger charge is 2.13. The maximum Gasteiger partial charge on any atom is 0.243 e. The molecule has 0 aliphatic carbocycles. The molecule has 1 fully saturated rings. The van der Waals surface area contributed by atoms with Gasteiger partial charge in [-0.3, -0.25) is 4.79 Å². The largest absolute Gasteiger partial charge is 0.349 e. The van der Waals surface area contributed by atoms with E-state index in [-0.39, 0.29) is 5.91 Å². The van der Waals surface area contributed by atoms with Crippen LogP contribution >= 0.6 is 0 Å². The number of hydrogen-bond acceptors (Lipinski definition) is 2. The van der Waals surface area contributed by atoms with Gasteiger partial charge in [-0.25, -0.2) is 0 Å². The standard InChI is InChI=1S/C9H16N2O/c1-2-4-9(12)11-8-5-3-6-10-7-8/h2,4,8,10H,3,5-7H2,1H3,(H,11,12). The fourth-order valence-corrected chi connectivity index (χ4v) is 1.38. The van der Waals surface area contributed by atoms with Crippen LogP contribution in [0, 0.1) is 0 Å². The van der Waals surface area contributed by atoms with Gasteiger partial charge in [0.1, 0.15) is 0 Å². The van der Waals surface area contributed by atoms with Crippen molar-refractivity contribution in [3.63, 3.8) is 0 Å². The lowest BCUT2D eigenvalue weighted by Crippen LogP contribution is -2.45. The van der Waals surface area contributed by atoms with E-state index < -0.39 is 0 Å². The Bertz CT molecular complexity index is 171. The fraction of sp³-hybridized carbons (Fsp3) is 0.667. The Labute approximate surface area is 73.2 Å². The summed E-state index contributed by atoms with van der Waals surface area (Å²) >= 11 is 0. The Morgan fingerprint density at radius 2 is 2.50 bits per heavy atom. The second-order valence-corrected chi connectivity index (χ2v) is 3.05. The fourth-order valence-electron chi connectivity index (χ4n) is 1.38. The van der Waals surface area contributed by atoms with Crippen molar-refractivity contribution < 1.29 is 4.79 Å². The average molecular weight is 168 g/mol. The lowest BCUT2D eigenvalue weighted by molar-refractivity contribution is -0.117. The van der Waals surface area contributed by atoms with Crippen LogP contribution in [0.3, 0.4) is 0 Å². The summed E-state index contributed by atoms with van der Waals surface area (Å²) < 4.78 is 0. The quantitative estimate of drug-likeness (QED) is 0.587. The molecule has 0 aromatic carbocycles. The Hall–Kier alpha value is -0.830. The minimum absolute atomic E-state index is 0.0196. The van der Waals surface area contributed by atoms with Crippen molar-refractivity contribution in [1.29, 1.82) is 0 Å². The van der Waals surface area contributed by atoms with Crippen molar-refractivity contribution in [3.05, 3.63) is 12.2 Å². The molecule has 1 aliphatic heterocycles. The Kier molecular flexibility index (Phi) is 3.80. The molecule has 0 bridgehead atoms. The summed E-state index contributed by atoms with van der Waals surface area (Å²) in [6.45, 7) is 3.83. The number of carbonyl (C=O) groups excluding carboxylic acids is 1. The molecule has 12 heavy (non-hydrogen) atoms. The third kappa shape index (κ3) is 3.05. The first-order chi connectivity index (χ1) is 5.83. The average Bonchev–Trinajstić information content (AvgIpc) is 2.06. The van der Waals surface area contributed by atoms with E-state index in [1.165, 1.54) is 0 Å². The van der Waals surface area contributed by atoms with Gasteiger partial charge in [0.15, 0.2) is 0 Å². The molecule has 0 aromatic heterocycles. The van der Waals surface area contributed by atoms with Crippen LogP contribution in [0.4, 0.5) is 0 Å². The summed E-state index contributed by atoms with van der Waals surface area (Å²) in [6.07, 6.45) is 5.57. The molecule has 0 spiro atoms. The molecule has 0 radical (unpaired) electrons. The topological polar surface area (TPSA) is 41.1 Å². The minimum Gasteiger partial charge on any atom is -0.349 e. The molecule has 1 saturated heterocycles. The van der Waals surface area contributed by atoms with Crippen LogP contribution in [0.15, 0.2) is 12.2 Å². The Morgan fingerprint density at radius 1 is 1.67 bits per heavy atom. The highest BCUT2D eigenvalue weighted by atomic mass is 16.1. The predicted molar refractivity (Wildman–Crippen MR) is 48.8 cm³/mol. The zero-order chi connectivity index (χ0) is 8.81. The zero-order valence-corrected chi connectivity index (χ0v) is 7.47.